The maximum atomic E-state index is 12.8. The molecule has 0 saturated carbocycles. The number of carbonyl (C=O) groups excluding carboxylic acids is 1. The number of fused-ring (bicyclic) bond motifs is 1. The van der Waals surface area contributed by atoms with Crippen molar-refractivity contribution < 1.29 is 9.53 Å². The van der Waals surface area contributed by atoms with E-state index in [1.165, 1.54) is 6.21 Å². The molecular weight excluding hydrogens is 433 g/mol. The van der Waals surface area contributed by atoms with Gasteiger partial charge in [0.25, 0.3) is 5.91 Å². The summed E-state index contributed by atoms with van der Waals surface area (Å²) in [5, 5.41) is 6.15. The third-order valence-electron chi connectivity index (χ3n) is 4.81. The second kappa shape index (κ2) is 9.25. The SMILES string of the molecule is COc1cc(Cl)cc(/C=N/NC(=O)c2cn(Cc3ccc(Cl)cc3)c3ccccc23)c1. The normalized spacial score (nSPS) is 11.2. The highest BCUT2D eigenvalue weighted by Crippen LogP contribution is 2.23. The Labute approximate surface area is 189 Å². The van der Waals surface area contributed by atoms with Crippen LogP contribution in [0.15, 0.2) is 78.0 Å². The highest BCUT2D eigenvalue weighted by atomic mass is 35.5. The highest BCUT2D eigenvalue weighted by molar-refractivity contribution is 6.31. The molecule has 0 aliphatic rings. The summed E-state index contributed by atoms with van der Waals surface area (Å²) in [6.45, 7) is 0.622. The third-order valence-corrected chi connectivity index (χ3v) is 5.28. The Balaban J connectivity index is 1.57. The minimum absolute atomic E-state index is 0.295. The molecule has 0 radical (unpaired) electrons. The van der Waals surface area contributed by atoms with Gasteiger partial charge >= 0.3 is 0 Å². The van der Waals surface area contributed by atoms with E-state index in [1.54, 1.807) is 25.3 Å². The van der Waals surface area contributed by atoms with Gasteiger partial charge in [0.15, 0.2) is 0 Å². The molecule has 0 atom stereocenters. The fourth-order valence-electron chi connectivity index (χ4n) is 3.35. The number of nitrogens with zero attached hydrogens (tertiary/aromatic N) is 2. The molecule has 0 spiro atoms. The van der Waals surface area contributed by atoms with Gasteiger partial charge < -0.3 is 9.30 Å². The summed E-state index contributed by atoms with van der Waals surface area (Å²) < 4.78 is 7.24. The lowest BCUT2D eigenvalue weighted by Gasteiger charge is -2.05. The van der Waals surface area contributed by atoms with Crippen LogP contribution in [0.5, 0.6) is 5.75 Å². The van der Waals surface area contributed by atoms with E-state index >= 15 is 0 Å². The first kappa shape index (κ1) is 21.0. The number of hydrogen-bond acceptors (Lipinski definition) is 3. The molecule has 3 aromatic carbocycles. The summed E-state index contributed by atoms with van der Waals surface area (Å²) in [6, 6.07) is 20.6. The number of aromatic nitrogens is 1. The summed E-state index contributed by atoms with van der Waals surface area (Å²) >= 11 is 12.1. The predicted molar refractivity (Wildman–Crippen MR) is 126 cm³/mol. The first-order valence-electron chi connectivity index (χ1n) is 9.54. The van der Waals surface area contributed by atoms with Crippen LogP contribution >= 0.6 is 23.2 Å². The molecule has 1 amide bonds. The first-order chi connectivity index (χ1) is 15.0. The zero-order chi connectivity index (χ0) is 21.8. The van der Waals surface area contributed by atoms with Crippen molar-refractivity contribution in [2.45, 2.75) is 6.54 Å². The van der Waals surface area contributed by atoms with Gasteiger partial charge in [-0.2, -0.15) is 5.10 Å². The Morgan fingerprint density at radius 2 is 1.84 bits per heavy atom. The Kier molecular flexibility index (Phi) is 6.26. The average Bonchev–Trinajstić information content (AvgIpc) is 3.13. The number of hydrazone groups is 1. The van der Waals surface area contributed by atoms with Gasteiger partial charge in [-0.25, -0.2) is 5.43 Å². The molecule has 4 aromatic rings. The molecule has 4 rings (SSSR count). The standard InChI is InChI=1S/C24H19Cl2N3O2/c1-31-20-11-17(10-19(26)12-20)13-27-28-24(30)22-15-29(23-5-3-2-4-21(22)23)14-16-6-8-18(25)9-7-16/h2-13,15H,14H2,1H3,(H,28,30)/b27-13+. The van der Waals surface area contributed by atoms with Crippen LogP contribution in [-0.2, 0) is 6.54 Å². The van der Waals surface area contributed by atoms with Crippen molar-refractivity contribution in [2.75, 3.05) is 7.11 Å². The monoisotopic (exact) mass is 451 g/mol. The van der Waals surface area contributed by atoms with E-state index in [9.17, 15) is 4.79 Å². The summed E-state index contributed by atoms with van der Waals surface area (Å²) in [4.78, 5) is 12.8. The van der Waals surface area contributed by atoms with Crippen LogP contribution in [0.2, 0.25) is 10.0 Å². The largest absolute Gasteiger partial charge is 0.497 e. The zero-order valence-corrected chi connectivity index (χ0v) is 18.2. The summed E-state index contributed by atoms with van der Waals surface area (Å²) in [5.74, 6) is 0.321. The number of ether oxygens (including phenoxy) is 1. The van der Waals surface area contributed by atoms with Crippen LogP contribution in [0.1, 0.15) is 21.5 Å². The number of halogens is 2. The van der Waals surface area contributed by atoms with E-state index in [-0.39, 0.29) is 5.91 Å². The lowest BCUT2D eigenvalue weighted by Crippen LogP contribution is -2.17. The molecule has 1 heterocycles. The van der Waals surface area contributed by atoms with E-state index < -0.39 is 0 Å². The molecule has 0 saturated heterocycles. The fraction of sp³-hybridized carbons (Fsp3) is 0.0833. The van der Waals surface area contributed by atoms with Gasteiger partial charge in [-0.15, -0.1) is 0 Å². The van der Waals surface area contributed by atoms with Crippen molar-refractivity contribution in [3.8, 4) is 5.75 Å². The number of nitrogens with one attached hydrogen (secondary N) is 1. The second-order valence-electron chi connectivity index (χ2n) is 6.94. The summed E-state index contributed by atoms with van der Waals surface area (Å²) in [6.07, 6.45) is 3.37. The number of benzene rings is 3. The van der Waals surface area contributed by atoms with Gasteiger partial charge in [0.05, 0.1) is 18.9 Å². The van der Waals surface area contributed by atoms with Gasteiger partial charge in [-0.3, -0.25) is 4.79 Å². The lowest BCUT2D eigenvalue weighted by atomic mass is 10.1. The zero-order valence-electron chi connectivity index (χ0n) is 16.7. The fourth-order valence-corrected chi connectivity index (χ4v) is 3.71. The van der Waals surface area contributed by atoms with Crippen LogP contribution in [0.4, 0.5) is 0 Å². The van der Waals surface area contributed by atoms with E-state index in [0.717, 1.165) is 22.0 Å². The topological polar surface area (TPSA) is 55.6 Å². The van der Waals surface area contributed by atoms with E-state index in [1.807, 2.05) is 59.3 Å². The van der Waals surface area contributed by atoms with Gasteiger partial charge in [-0.1, -0.05) is 53.5 Å². The number of methoxy groups -OCH3 is 1. The minimum atomic E-state index is -0.295. The van der Waals surface area contributed by atoms with Crippen LogP contribution in [0, 0.1) is 0 Å². The van der Waals surface area contributed by atoms with Crippen LogP contribution in [-0.4, -0.2) is 23.8 Å². The van der Waals surface area contributed by atoms with Crippen molar-refractivity contribution in [3.05, 3.63) is 99.7 Å². The molecule has 31 heavy (non-hydrogen) atoms. The Bertz CT molecular complexity index is 1260. The molecular formula is C24H19Cl2N3O2. The van der Waals surface area contributed by atoms with Crippen molar-refractivity contribution in [2.24, 2.45) is 5.10 Å². The third kappa shape index (κ3) is 4.90. The maximum absolute atomic E-state index is 12.8. The minimum Gasteiger partial charge on any atom is -0.497 e. The van der Waals surface area contributed by atoms with Gasteiger partial charge in [-0.05, 0) is 47.5 Å². The van der Waals surface area contributed by atoms with Crippen molar-refractivity contribution >= 4 is 46.2 Å². The molecule has 1 aromatic heterocycles. The summed E-state index contributed by atoms with van der Waals surface area (Å²) in [7, 11) is 1.56. The molecule has 0 bridgehead atoms. The maximum Gasteiger partial charge on any atom is 0.273 e. The quantitative estimate of drug-likeness (QED) is 0.298. The first-order valence-corrected chi connectivity index (χ1v) is 10.3. The van der Waals surface area contributed by atoms with E-state index in [2.05, 4.69) is 10.5 Å². The molecule has 0 fully saturated rings. The molecule has 7 heteroatoms. The number of amides is 1. The van der Waals surface area contributed by atoms with Crippen LogP contribution in [0.3, 0.4) is 0 Å². The highest BCUT2D eigenvalue weighted by Gasteiger charge is 2.14. The van der Waals surface area contributed by atoms with Gasteiger partial charge in [0, 0.05) is 33.7 Å². The number of carbonyl (C=O) groups is 1. The van der Waals surface area contributed by atoms with Gasteiger partial charge in [0.2, 0.25) is 0 Å². The molecule has 0 aliphatic heterocycles. The molecule has 156 valence electrons. The van der Waals surface area contributed by atoms with Gasteiger partial charge in [0.1, 0.15) is 5.75 Å². The number of rotatable bonds is 6. The molecule has 1 N–H and O–H groups in total. The lowest BCUT2D eigenvalue weighted by molar-refractivity contribution is 0.0956. The van der Waals surface area contributed by atoms with Crippen molar-refractivity contribution in [1.82, 2.24) is 9.99 Å². The Morgan fingerprint density at radius 1 is 1.06 bits per heavy atom. The second-order valence-corrected chi connectivity index (χ2v) is 7.81. The van der Waals surface area contributed by atoms with E-state index in [4.69, 9.17) is 27.9 Å². The Morgan fingerprint density at radius 3 is 2.61 bits per heavy atom. The number of para-hydroxylation sites is 1. The van der Waals surface area contributed by atoms with Crippen LogP contribution in [0.25, 0.3) is 10.9 Å². The number of hydrogen-bond donors (Lipinski definition) is 1. The van der Waals surface area contributed by atoms with Crippen molar-refractivity contribution in [1.29, 1.82) is 0 Å². The van der Waals surface area contributed by atoms with Crippen LogP contribution < -0.4 is 10.2 Å². The molecule has 0 unspecified atom stereocenters. The Hall–Kier alpha value is -3.28. The predicted octanol–water partition coefficient (Wildman–Crippen LogP) is 5.77. The molecule has 5 nitrogen and oxygen atoms in total. The smallest absolute Gasteiger partial charge is 0.273 e. The van der Waals surface area contributed by atoms with Crippen molar-refractivity contribution in [3.63, 3.8) is 0 Å². The molecule has 0 aliphatic carbocycles. The summed E-state index contributed by atoms with van der Waals surface area (Å²) in [5.41, 5.74) is 5.91. The average molecular weight is 452 g/mol. The van der Waals surface area contributed by atoms with E-state index in [0.29, 0.717) is 27.9 Å².